The van der Waals surface area contributed by atoms with Gasteiger partial charge in [0, 0.05) is 6.07 Å². The maximum absolute atomic E-state index is 13.4. The van der Waals surface area contributed by atoms with Crippen LogP contribution in [-0.2, 0) is 0 Å². The summed E-state index contributed by atoms with van der Waals surface area (Å²) in [5.74, 6) is 2.41. The fourth-order valence-electron chi connectivity index (χ4n) is 5.33. The third kappa shape index (κ3) is 3.49. The molecule has 0 N–H and O–H groups in total. The topological polar surface area (TPSA) is 0 Å². The van der Waals surface area contributed by atoms with Gasteiger partial charge in [-0.3, -0.25) is 0 Å². The molecule has 2 aliphatic rings. The summed E-state index contributed by atoms with van der Waals surface area (Å²) >= 11 is 0. The highest BCUT2D eigenvalue weighted by atomic mass is 19.1. The highest BCUT2D eigenvalue weighted by Crippen LogP contribution is 2.53. The van der Waals surface area contributed by atoms with Crippen LogP contribution in [0, 0.1) is 29.4 Å². The Kier molecular flexibility index (Phi) is 4.62. The minimum Gasteiger partial charge on any atom is -0.207 e. The molecule has 0 amide bonds. The van der Waals surface area contributed by atoms with E-state index >= 15 is 0 Å². The van der Waals surface area contributed by atoms with Gasteiger partial charge in [-0.25, -0.2) is 8.78 Å². The Bertz CT molecular complexity index is 700. The highest BCUT2D eigenvalue weighted by Gasteiger charge is 2.41. The van der Waals surface area contributed by atoms with E-state index in [0.717, 1.165) is 29.4 Å². The summed E-state index contributed by atoms with van der Waals surface area (Å²) in [6, 6.07) is 12.1. The normalized spacial score (nSPS) is 28.3. The maximum Gasteiger partial charge on any atom is 0.126 e. The molecule has 0 radical (unpaired) electrons. The molecular weight excluding hydrogens is 314 g/mol. The fourth-order valence-corrected chi connectivity index (χ4v) is 5.33. The van der Waals surface area contributed by atoms with Crippen LogP contribution in [0.25, 0.3) is 11.1 Å². The summed E-state index contributed by atoms with van der Waals surface area (Å²) in [6.07, 6.45) is 8.20. The van der Waals surface area contributed by atoms with Crippen LogP contribution in [0.15, 0.2) is 42.5 Å². The molecule has 2 atom stereocenters. The molecule has 0 bridgehead atoms. The molecule has 0 saturated heterocycles. The third-order valence-corrected chi connectivity index (χ3v) is 6.39. The first kappa shape index (κ1) is 16.8. The molecular formula is C23H26F2. The Morgan fingerprint density at radius 2 is 1.40 bits per heavy atom. The van der Waals surface area contributed by atoms with Crippen molar-refractivity contribution in [3.8, 4) is 11.1 Å². The van der Waals surface area contributed by atoms with E-state index in [1.807, 2.05) is 12.1 Å². The fraction of sp³-hybridized carbons (Fsp3) is 0.478. The molecule has 132 valence electrons. The number of hydrogen-bond acceptors (Lipinski definition) is 0. The van der Waals surface area contributed by atoms with Crippen molar-refractivity contribution in [2.45, 2.75) is 51.4 Å². The first-order chi connectivity index (χ1) is 12.1. The molecule has 0 heterocycles. The standard InChI is InChI=1S/C23H26F2/c1-2-3-15-8-18-10-20(11-19(18)9-15)16-4-6-17(7-5-16)21-12-22(24)14-23(25)13-21/h4-7,12-15,18-20H,2-3,8-11H2,1H3. The molecule has 2 aromatic rings. The van der Waals surface area contributed by atoms with E-state index < -0.39 is 11.6 Å². The molecule has 2 aromatic carbocycles. The van der Waals surface area contributed by atoms with Crippen molar-refractivity contribution < 1.29 is 8.78 Å². The zero-order chi connectivity index (χ0) is 17.4. The van der Waals surface area contributed by atoms with Gasteiger partial charge in [-0.15, -0.1) is 0 Å². The first-order valence-electron chi connectivity index (χ1n) is 9.68. The number of rotatable bonds is 4. The summed E-state index contributed by atoms with van der Waals surface area (Å²) in [4.78, 5) is 0. The van der Waals surface area contributed by atoms with Crippen molar-refractivity contribution in [1.29, 1.82) is 0 Å². The second kappa shape index (κ2) is 6.90. The molecule has 0 aliphatic heterocycles. The lowest BCUT2D eigenvalue weighted by Gasteiger charge is -2.15. The quantitative estimate of drug-likeness (QED) is 0.565. The molecule has 2 unspecified atom stereocenters. The van der Waals surface area contributed by atoms with Gasteiger partial charge in [-0.1, -0.05) is 44.0 Å². The molecule has 2 fully saturated rings. The van der Waals surface area contributed by atoms with E-state index in [1.165, 1.54) is 56.2 Å². The van der Waals surface area contributed by atoms with Gasteiger partial charge in [0.15, 0.2) is 0 Å². The summed E-state index contributed by atoms with van der Waals surface area (Å²) in [7, 11) is 0. The highest BCUT2D eigenvalue weighted by molar-refractivity contribution is 5.64. The van der Waals surface area contributed by atoms with E-state index in [2.05, 4.69) is 19.1 Å². The van der Waals surface area contributed by atoms with E-state index in [1.54, 1.807) is 0 Å². The lowest BCUT2D eigenvalue weighted by Crippen LogP contribution is -2.00. The summed E-state index contributed by atoms with van der Waals surface area (Å²) in [6.45, 7) is 2.29. The largest absolute Gasteiger partial charge is 0.207 e. The lowest BCUT2D eigenvalue weighted by atomic mass is 9.90. The summed E-state index contributed by atoms with van der Waals surface area (Å²) in [5, 5.41) is 0. The number of fused-ring (bicyclic) bond motifs is 1. The molecule has 2 heteroatoms. The Labute approximate surface area is 149 Å². The van der Waals surface area contributed by atoms with E-state index in [-0.39, 0.29) is 0 Å². The van der Waals surface area contributed by atoms with Gasteiger partial charge in [-0.05, 0) is 78.2 Å². The minimum absolute atomic E-state index is 0.524. The Hall–Kier alpha value is -1.70. The number of benzene rings is 2. The second-order valence-electron chi connectivity index (χ2n) is 8.09. The van der Waals surface area contributed by atoms with Crippen LogP contribution >= 0.6 is 0 Å². The van der Waals surface area contributed by atoms with Gasteiger partial charge >= 0.3 is 0 Å². The van der Waals surface area contributed by atoms with Crippen LogP contribution in [0.2, 0.25) is 0 Å². The molecule has 0 spiro atoms. The average Bonchev–Trinajstić information content (AvgIpc) is 3.13. The van der Waals surface area contributed by atoms with Crippen LogP contribution in [0.5, 0.6) is 0 Å². The van der Waals surface area contributed by atoms with Crippen molar-refractivity contribution in [1.82, 2.24) is 0 Å². The summed E-state index contributed by atoms with van der Waals surface area (Å²) in [5.41, 5.74) is 2.88. The average molecular weight is 340 g/mol. The molecule has 4 rings (SSSR count). The van der Waals surface area contributed by atoms with Gasteiger partial charge in [0.2, 0.25) is 0 Å². The van der Waals surface area contributed by atoms with E-state index in [4.69, 9.17) is 0 Å². The Morgan fingerprint density at radius 3 is 1.96 bits per heavy atom. The van der Waals surface area contributed by atoms with Crippen LogP contribution in [-0.4, -0.2) is 0 Å². The first-order valence-corrected chi connectivity index (χ1v) is 9.68. The van der Waals surface area contributed by atoms with Gasteiger partial charge in [0.25, 0.3) is 0 Å². The van der Waals surface area contributed by atoms with Crippen LogP contribution in [0.1, 0.15) is 56.9 Å². The van der Waals surface area contributed by atoms with Crippen molar-refractivity contribution in [3.05, 3.63) is 59.7 Å². The van der Waals surface area contributed by atoms with E-state index in [0.29, 0.717) is 11.5 Å². The summed E-state index contributed by atoms with van der Waals surface area (Å²) < 4.78 is 26.8. The molecule has 0 aromatic heterocycles. The number of halogens is 2. The molecule has 2 saturated carbocycles. The smallest absolute Gasteiger partial charge is 0.126 e. The molecule has 25 heavy (non-hydrogen) atoms. The van der Waals surface area contributed by atoms with Gasteiger partial charge in [-0.2, -0.15) is 0 Å². The van der Waals surface area contributed by atoms with Crippen LogP contribution in [0.3, 0.4) is 0 Å². The number of hydrogen-bond donors (Lipinski definition) is 0. The van der Waals surface area contributed by atoms with Gasteiger partial charge < -0.3 is 0 Å². The minimum atomic E-state index is -0.524. The second-order valence-corrected chi connectivity index (χ2v) is 8.09. The van der Waals surface area contributed by atoms with Crippen LogP contribution < -0.4 is 0 Å². The molecule has 0 nitrogen and oxygen atoms in total. The predicted molar refractivity (Wildman–Crippen MR) is 98.4 cm³/mol. The van der Waals surface area contributed by atoms with Gasteiger partial charge in [0.1, 0.15) is 11.6 Å². The SMILES string of the molecule is CCCC1CC2CC(c3ccc(-c4cc(F)cc(F)c4)cc3)CC2C1. The van der Waals surface area contributed by atoms with Crippen molar-refractivity contribution in [2.75, 3.05) is 0 Å². The third-order valence-electron chi connectivity index (χ3n) is 6.39. The molecule has 2 aliphatic carbocycles. The lowest BCUT2D eigenvalue weighted by molar-refractivity contribution is 0.439. The van der Waals surface area contributed by atoms with Crippen LogP contribution in [0.4, 0.5) is 8.78 Å². The Morgan fingerprint density at radius 1 is 0.800 bits per heavy atom. The van der Waals surface area contributed by atoms with Gasteiger partial charge in [0.05, 0.1) is 0 Å². The maximum atomic E-state index is 13.4. The zero-order valence-electron chi connectivity index (χ0n) is 14.8. The van der Waals surface area contributed by atoms with Crippen molar-refractivity contribution >= 4 is 0 Å². The van der Waals surface area contributed by atoms with E-state index in [9.17, 15) is 8.78 Å². The monoisotopic (exact) mass is 340 g/mol. The predicted octanol–water partition coefficient (Wildman–Crippen LogP) is 6.95. The van der Waals surface area contributed by atoms with Crippen molar-refractivity contribution in [3.63, 3.8) is 0 Å². The zero-order valence-corrected chi connectivity index (χ0v) is 14.8. The Balaban J connectivity index is 1.45. The van der Waals surface area contributed by atoms with Crippen molar-refractivity contribution in [2.24, 2.45) is 17.8 Å².